The van der Waals surface area contributed by atoms with E-state index in [2.05, 4.69) is 77.7 Å². The standard InChI is InChI=1S/C28H30N2O/c1-29-26-15-9-8-14-25(26)28(27(29)31,24-12-6-3-7-13-24)18-21-30-19-16-23(17-20-30)22-10-4-2-5-11-22/h2-15,23H,16-21H2,1H3. The first kappa shape index (κ1) is 20.0. The number of carbonyl (C=O) groups is 1. The normalized spacial score (nSPS) is 22.0. The number of fused-ring (bicyclic) bond motifs is 1. The number of nitrogens with zero attached hydrogens (tertiary/aromatic N) is 2. The van der Waals surface area contributed by atoms with Crippen LogP contribution in [0.5, 0.6) is 0 Å². The van der Waals surface area contributed by atoms with Crippen LogP contribution >= 0.6 is 0 Å². The highest BCUT2D eigenvalue weighted by Gasteiger charge is 2.50. The van der Waals surface area contributed by atoms with Crippen LogP contribution in [0.15, 0.2) is 84.9 Å². The fourth-order valence-electron chi connectivity index (χ4n) is 5.57. The van der Waals surface area contributed by atoms with Gasteiger partial charge in [-0.2, -0.15) is 0 Å². The Bertz CT molecular complexity index is 1040. The van der Waals surface area contributed by atoms with E-state index >= 15 is 0 Å². The summed E-state index contributed by atoms with van der Waals surface area (Å²) < 4.78 is 0. The van der Waals surface area contributed by atoms with Crippen LogP contribution in [0.3, 0.4) is 0 Å². The molecule has 0 aliphatic carbocycles. The van der Waals surface area contributed by atoms with Gasteiger partial charge in [0, 0.05) is 12.7 Å². The number of rotatable bonds is 5. The number of para-hydroxylation sites is 1. The Balaban J connectivity index is 1.38. The first-order valence-corrected chi connectivity index (χ1v) is 11.4. The van der Waals surface area contributed by atoms with Gasteiger partial charge >= 0.3 is 0 Å². The topological polar surface area (TPSA) is 23.6 Å². The monoisotopic (exact) mass is 410 g/mol. The van der Waals surface area contributed by atoms with Crippen molar-refractivity contribution in [2.24, 2.45) is 0 Å². The summed E-state index contributed by atoms with van der Waals surface area (Å²) in [6.45, 7) is 3.12. The van der Waals surface area contributed by atoms with Gasteiger partial charge in [-0.25, -0.2) is 0 Å². The predicted molar refractivity (Wildman–Crippen MR) is 127 cm³/mol. The fraction of sp³-hybridized carbons (Fsp3) is 0.321. The van der Waals surface area contributed by atoms with Crippen LogP contribution < -0.4 is 4.90 Å². The molecule has 158 valence electrons. The SMILES string of the molecule is CN1C(=O)C(CCN2CCC(c3ccccc3)CC2)(c2ccccc2)c2ccccc21. The number of hydrogen-bond donors (Lipinski definition) is 0. The maximum absolute atomic E-state index is 13.7. The average Bonchev–Trinajstić information content (AvgIpc) is 3.07. The molecular formula is C28H30N2O. The van der Waals surface area contributed by atoms with Crippen LogP contribution in [-0.4, -0.2) is 37.5 Å². The Morgan fingerprint density at radius 2 is 1.45 bits per heavy atom. The zero-order valence-corrected chi connectivity index (χ0v) is 18.2. The maximum Gasteiger partial charge on any atom is 0.241 e. The second-order valence-corrected chi connectivity index (χ2v) is 8.93. The second kappa shape index (κ2) is 8.32. The summed E-state index contributed by atoms with van der Waals surface area (Å²) in [6, 6.07) is 29.6. The highest BCUT2D eigenvalue weighted by molar-refractivity contribution is 6.10. The molecule has 2 aliphatic rings. The average molecular weight is 411 g/mol. The Labute approximate surface area is 185 Å². The van der Waals surface area contributed by atoms with Crippen LogP contribution in [0.4, 0.5) is 5.69 Å². The number of likely N-dealkylation sites (N-methyl/N-ethyl adjacent to an activating group) is 1. The van der Waals surface area contributed by atoms with Crippen molar-refractivity contribution < 1.29 is 4.79 Å². The van der Waals surface area contributed by atoms with E-state index in [4.69, 9.17) is 0 Å². The summed E-state index contributed by atoms with van der Waals surface area (Å²) in [6.07, 6.45) is 3.19. The molecule has 3 heteroatoms. The molecule has 2 heterocycles. The molecule has 0 saturated carbocycles. The minimum atomic E-state index is -0.594. The van der Waals surface area contributed by atoms with Gasteiger partial charge in [0.2, 0.25) is 5.91 Å². The van der Waals surface area contributed by atoms with Gasteiger partial charge < -0.3 is 9.80 Å². The van der Waals surface area contributed by atoms with Gasteiger partial charge in [-0.15, -0.1) is 0 Å². The molecule has 1 fully saturated rings. The highest BCUT2D eigenvalue weighted by Crippen LogP contribution is 2.47. The van der Waals surface area contributed by atoms with E-state index < -0.39 is 5.41 Å². The number of amides is 1. The van der Waals surface area contributed by atoms with Crippen molar-refractivity contribution in [3.8, 4) is 0 Å². The molecule has 31 heavy (non-hydrogen) atoms. The van der Waals surface area contributed by atoms with Gasteiger partial charge in [-0.3, -0.25) is 4.79 Å². The summed E-state index contributed by atoms with van der Waals surface area (Å²) in [5.74, 6) is 0.847. The first-order chi connectivity index (χ1) is 15.2. The molecule has 5 rings (SSSR count). The number of hydrogen-bond acceptors (Lipinski definition) is 2. The summed E-state index contributed by atoms with van der Waals surface area (Å²) in [5, 5.41) is 0. The number of anilines is 1. The van der Waals surface area contributed by atoms with E-state index in [1.54, 1.807) is 0 Å². The van der Waals surface area contributed by atoms with Crippen molar-refractivity contribution in [2.75, 3.05) is 31.6 Å². The quantitative estimate of drug-likeness (QED) is 0.576. The Kier molecular flexibility index (Phi) is 5.37. The lowest BCUT2D eigenvalue weighted by atomic mass is 9.72. The van der Waals surface area contributed by atoms with Gasteiger partial charge in [0.15, 0.2) is 0 Å². The van der Waals surface area contributed by atoms with Crippen molar-refractivity contribution in [2.45, 2.75) is 30.6 Å². The minimum Gasteiger partial charge on any atom is -0.314 e. The summed E-state index contributed by atoms with van der Waals surface area (Å²) in [5.41, 5.74) is 4.16. The Morgan fingerprint density at radius 1 is 0.839 bits per heavy atom. The van der Waals surface area contributed by atoms with Gasteiger partial charge in [0.1, 0.15) is 5.41 Å². The summed E-state index contributed by atoms with van der Waals surface area (Å²) >= 11 is 0. The van der Waals surface area contributed by atoms with E-state index in [1.165, 1.54) is 18.4 Å². The lowest BCUT2D eigenvalue weighted by Gasteiger charge is -2.36. The van der Waals surface area contributed by atoms with Crippen LogP contribution in [-0.2, 0) is 10.2 Å². The van der Waals surface area contributed by atoms with E-state index in [9.17, 15) is 4.79 Å². The molecule has 1 atom stereocenters. The molecule has 0 N–H and O–H groups in total. The van der Waals surface area contributed by atoms with Crippen molar-refractivity contribution in [1.29, 1.82) is 0 Å². The Morgan fingerprint density at radius 3 is 2.16 bits per heavy atom. The molecule has 1 saturated heterocycles. The molecule has 3 aromatic rings. The number of benzene rings is 3. The molecule has 2 aliphatic heterocycles. The van der Waals surface area contributed by atoms with Crippen LogP contribution in [0.1, 0.15) is 41.9 Å². The van der Waals surface area contributed by atoms with Gasteiger partial charge in [-0.1, -0.05) is 78.9 Å². The lowest BCUT2D eigenvalue weighted by molar-refractivity contribution is -0.121. The van der Waals surface area contributed by atoms with Crippen molar-refractivity contribution in [3.63, 3.8) is 0 Å². The lowest BCUT2D eigenvalue weighted by Crippen LogP contribution is -2.43. The smallest absolute Gasteiger partial charge is 0.241 e. The third kappa shape index (κ3) is 3.47. The van der Waals surface area contributed by atoms with Crippen molar-refractivity contribution in [3.05, 3.63) is 102 Å². The minimum absolute atomic E-state index is 0.194. The predicted octanol–water partition coefficient (Wildman–Crippen LogP) is 5.22. The fourth-order valence-corrected chi connectivity index (χ4v) is 5.57. The van der Waals surface area contributed by atoms with Crippen LogP contribution in [0.2, 0.25) is 0 Å². The summed E-state index contributed by atoms with van der Waals surface area (Å²) in [7, 11) is 1.91. The van der Waals surface area contributed by atoms with E-state index in [0.29, 0.717) is 5.92 Å². The van der Waals surface area contributed by atoms with Crippen molar-refractivity contribution >= 4 is 11.6 Å². The largest absolute Gasteiger partial charge is 0.314 e. The van der Waals surface area contributed by atoms with E-state index in [0.717, 1.165) is 42.9 Å². The molecule has 1 unspecified atom stereocenters. The van der Waals surface area contributed by atoms with Crippen LogP contribution in [0.25, 0.3) is 0 Å². The molecule has 3 aromatic carbocycles. The second-order valence-electron chi connectivity index (χ2n) is 8.93. The number of carbonyl (C=O) groups excluding carboxylic acids is 1. The van der Waals surface area contributed by atoms with Crippen molar-refractivity contribution in [1.82, 2.24) is 4.90 Å². The molecule has 0 bridgehead atoms. The van der Waals surface area contributed by atoms with Crippen LogP contribution in [0, 0.1) is 0 Å². The van der Waals surface area contributed by atoms with Gasteiger partial charge in [-0.05, 0) is 67.6 Å². The zero-order valence-electron chi connectivity index (χ0n) is 18.2. The highest BCUT2D eigenvalue weighted by atomic mass is 16.2. The maximum atomic E-state index is 13.7. The van der Waals surface area contributed by atoms with E-state index in [-0.39, 0.29) is 5.91 Å². The molecule has 0 aromatic heterocycles. The Hall–Kier alpha value is -2.91. The third-order valence-corrected chi connectivity index (χ3v) is 7.32. The summed E-state index contributed by atoms with van der Waals surface area (Å²) in [4.78, 5) is 18.1. The number of likely N-dealkylation sites (tertiary alicyclic amines) is 1. The van der Waals surface area contributed by atoms with E-state index in [1.807, 2.05) is 24.1 Å². The molecule has 3 nitrogen and oxygen atoms in total. The molecular weight excluding hydrogens is 380 g/mol. The third-order valence-electron chi connectivity index (χ3n) is 7.32. The first-order valence-electron chi connectivity index (χ1n) is 11.4. The van der Waals surface area contributed by atoms with Gasteiger partial charge in [0.05, 0.1) is 0 Å². The molecule has 0 spiro atoms. The number of piperidine rings is 1. The molecule has 0 radical (unpaired) electrons. The molecule has 1 amide bonds. The van der Waals surface area contributed by atoms with Gasteiger partial charge in [0.25, 0.3) is 0 Å². The zero-order chi connectivity index (χ0) is 21.3.